The zero-order chi connectivity index (χ0) is 20.4. The first-order valence-corrected chi connectivity index (χ1v) is 11.2. The van der Waals surface area contributed by atoms with Crippen LogP contribution in [0.2, 0.25) is 0 Å². The fraction of sp³-hybridized carbons (Fsp3) is 0.913. The maximum absolute atomic E-state index is 12.2. The topological polar surface area (TPSA) is 46.6 Å². The molecule has 0 radical (unpaired) electrons. The Morgan fingerprint density at radius 3 is 2.11 bits per heavy atom. The van der Waals surface area contributed by atoms with Crippen molar-refractivity contribution in [3.05, 3.63) is 0 Å². The van der Waals surface area contributed by atoms with Crippen molar-refractivity contribution in [3.63, 3.8) is 0 Å². The zero-order valence-electron chi connectivity index (χ0n) is 18.7. The molecule has 2 unspecified atom stereocenters. The Hall–Kier alpha value is -1.06. The van der Waals surface area contributed by atoms with Crippen molar-refractivity contribution in [1.82, 2.24) is 4.90 Å². The van der Waals surface area contributed by atoms with Crippen LogP contribution in [0.25, 0.3) is 0 Å². The van der Waals surface area contributed by atoms with Gasteiger partial charge in [-0.1, -0.05) is 33.1 Å². The van der Waals surface area contributed by atoms with Crippen molar-refractivity contribution in [2.24, 2.45) is 17.8 Å². The molecule has 0 bridgehead atoms. The van der Waals surface area contributed by atoms with Crippen molar-refractivity contribution in [2.75, 3.05) is 13.1 Å². The van der Waals surface area contributed by atoms with Gasteiger partial charge in [0.2, 0.25) is 0 Å². The average molecular weight is 382 g/mol. The second kappa shape index (κ2) is 11.7. The predicted molar refractivity (Wildman–Crippen MR) is 112 cm³/mol. The van der Waals surface area contributed by atoms with Gasteiger partial charge in [-0.05, 0) is 77.6 Å². The first kappa shape index (κ1) is 24.0. The number of ether oxygens (including phenoxy) is 1. The molecule has 1 amide bonds. The number of carbonyl (C=O) groups is 2. The number of rotatable bonds is 5. The SMILES string of the molecule is CC.CC(=O)CCC1CCCC(CC2CCN(C(=O)OC(C)(C)C)CC2)C1. The molecule has 0 spiro atoms. The van der Waals surface area contributed by atoms with E-state index in [4.69, 9.17) is 4.74 Å². The number of ketones is 1. The third kappa shape index (κ3) is 9.62. The van der Waals surface area contributed by atoms with Crippen molar-refractivity contribution in [2.45, 2.75) is 105 Å². The molecule has 2 atom stereocenters. The van der Waals surface area contributed by atoms with Gasteiger partial charge in [0.05, 0.1) is 0 Å². The van der Waals surface area contributed by atoms with Gasteiger partial charge < -0.3 is 14.4 Å². The second-order valence-electron chi connectivity index (χ2n) is 9.29. The summed E-state index contributed by atoms with van der Waals surface area (Å²) in [6.07, 6.45) is 10.5. The lowest BCUT2D eigenvalue weighted by molar-refractivity contribution is -0.117. The Bertz CT molecular complexity index is 447. The number of piperidine rings is 1. The molecule has 4 heteroatoms. The lowest BCUT2D eigenvalue weighted by atomic mass is 9.74. The van der Waals surface area contributed by atoms with E-state index >= 15 is 0 Å². The molecule has 0 aromatic rings. The molecule has 2 aliphatic rings. The Balaban J connectivity index is 0.00000176. The molecule has 1 saturated carbocycles. The van der Waals surface area contributed by atoms with Gasteiger partial charge >= 0.3 is 6.09 Å². The lowest BCUT2D eigenvalue weighted by Gasteiger charge is -2.36. The lowest BCUT2D eigenvalue weighted by Crippen LogP contribution is -2.42. The summed E-state index contributed by atoms with van der Waals surface area (Å²) < 4.78 is 5.48. The van der Waals surface area contributed by atoms with E-state index in [1.165, 1.54) is 32.1 Å². The van der Waals surface area contributed by atoms with Crippen molar-refractivity contribution >= 4 is 11.9 Å². The van der Waals surface area contributed by atoms with E-state index in [-0.39, 0.29) is 6.09 Å². The van der Waals surface area contributed by atoms with Gasteiger partial charge in [0.15, 0.2) is 0 Å². The molecule has 1 saturated heterocycles. The van der Waals surface area contributed by atoms with Gasteiger partial charge in [0, 0.05) is 19.5 Å². The van der Waals surface area contributed by atoms with Crippen LogP contribution in [-0.2, 0) is 9.53 Å². The summed E-state index contributed by atoms with van der Waals surface area (Å²) in [5, 5.41) is 0. The smallest absolute Gasteiger partial charge is 0.410 e. The van der Waals surface area contributed by atoms with Gasteiger partial charge in [-0.3, -0.25) is 0 Å². The minimum Gasteiger partial charge on any atom is -0.444 e. The average Bonchev–Trinajstić information content (AvgIpc) is 2.61. The van der Waals surface area contributed by atoms with E-state index in [9.17, 15) is 9.59 Å². The summed E-state index contributed by atoms with van der Waals surface area (Å²) in [5.41, 5.74) is -0.412. The highest BCUT2D eigenvalue weighted by Gasteiger charge is 2.29. The zero-order valence-corrected chi connectivity index (χ0v) is 18.7. The molecule has 0 N–H and O–H groups in total. The molecular formula is C23H43NO3. The van der Waals surface area contributed by atoms with Crippen LogP contribution in [-0.4, -0.2) is 35.5 Å². The predicted octanol–water partition coefficient (Wildman–Crippen LogP) is 6.23. The van der Waals surface area contributed by atoms with E-state index in [2.05, 4.69) is 0 Å². The van der Waals surface area contributed by atoms with Crippen LogP contribution in [0.3, 0.4) is 0 Å². The summed E-state index contributed by atoms with van der Waals surface area (Å²) >= 11 is 0. The van der Waals surface area contributed by atoms with Crippen LogP contribution in [0, 0.1) is 17.8 Å². The first-order valence-electron chi connectivity index (χ1n) is 11.2. The van der Waals surface area contributed by atoms with Crippen LogP contribution < -0.4 is 0 Å². The van der Waals surface area contributed by atoms with E-state index in [1.807, 2.05) is 39.5 Å². The van der Waals surface area contributed by atoms with Gasteiger partial charge in [-0.2, -0.15) is 0 Å². The quantitative estimate of drug-likeness (QED) is 0.567. The number of amides is 1. The number of Topliss-reactive ketones (excluding diaryl/α,β-unsaturated/α-hetero) is 1. The normalized spacial score (nSPS) is 24.0. The van der Waals surface area contributed by atoms with Gasteiger partial charge in [-0.15, -0.1) is 0 Å². The van der Waals surface area contributed by atoms with Gasteiger partial charge in [-0.25, -0.2) is 4.79 Å². The highest BCUT2D eigenvalue weighted by Crippen LogP contribution is 2.37. The van der Waals surface area contributed by atoms with Crippen LogP contribution in [0.5, 0.6) is 0 Å². The molecule has 4 nitrogen and oxygen atoms in total. The molecule has 1 heterocycles. The minimum absolute atomic E-state index is 0.159. The van der Waals surface area contributed by atoms with E-state index < -0.39 is 5.60 Å². The molecule has 158 valence electrons. The standard InChI is InChI=1S/C21H37NO3.C2H6/c1-16(23)8-9-17-6-5-7-19(14-17)15-18-10-12-22(13-11-18)20(24)25-21(2,3)4;1-2/h17-19H,5-15H2,1-4H3;1-2H3. The molecule has 2 rings (SSSR count). The number of carbonyl (C=O) groups excluding carboxylic acids is 2. The third-order valence-electron chi connectivity index (χ3n) is 5.73. The minimum atomic E-state index is -0.412. The number of likely N-dealkylation sites (tertiary alicyclic amines) is 1. The highest BCUT2D eigenvalue weighted by molar-refractivity contribution is 5.75. The van der Waals surface area contributed by atoms with Gasteiger partial charge in [0.1, 0.15) is 11.4 Å². The molecule has 27 heavy (non-hydrogen) atoms. The molecule has 0 aromatic heterocycles. The van der Waals surface area contributed by atoms with E-state index in [1.54, 1.807) is 6.92 Å². The number of hydrogen-bond acceptors (Lipinski definition) is 3. The summed E-state index contributed by atoms with van der Waals surface area (Å²) in [6, 6.07) is 0. The summed E-state index contributed by atoms with van der Waals surface area (Å²) in [7, 11) is 0. The first-order chi connectivity index (χ1) is 12.7. The maximum atomic E-state index is 12.2. The van der Waals surface area contributed by atoms with Crippen LogP contribution in [0.15, 0.2) is 0 Å². The molecular weight excluding hydrogens is 338 g/mol. The summed E-state index contributed by atoms with van der Waals surface area (Å²) in [4.78, 5) is 25.2. The fourth-order valence-corrected chi connectivity index (χ4v) is 4.44. The summed E-state index contributed by atoms with van der Waals surface area (Å²) in [6.45, 7) is 13.1. The molecule has 1 aliphatic heterocycles. The molecule has 1 aliphatic carbocycles. The van der Waals surface area contributed by atoms with Gasteiger partial charge in [0.25, 0.3) is 0 Å². The largest absolute Gasteiger partial charge is 0.444 e. The molecule has 2 fully saturated rings. The highest BCUT2D eigenvalue weighted by atomic mass is 16.6. The number of nitrogens with zero attached hydrogens (tertiary/aromatic N) is 1. The van der Waals surface area contributed by atoms with Crippen molar-refractivity contribution in [1.29, 1.82) is 0 Å². The van der Waals surface area contributed by atoms with E-state index in [0.29, 0.717) is 5.78 Å². The Kier molecular flexibility index (Phi) is 10.4. The fourth-order valence-electron chi connectivity index (χ4n) is 4.44. The Morgan fingerprint density at radius 2 is 1.56 bits per heavy atom. The summed E-state index contributed by atoms with van der Waals surface area (Å²) in [5.74, 6) is 2.65. The van der Waals surface area contributed by atoms with Crippen molar-refractivity contribution in [3.8, 4) is 0 Å². The van der Waals surface area contributed by atoms with Crippen LogP contribution in [0.4, 0.5) is 4.79 Å². The second-order valence-corrected chi connectivity index (χ2v) is 9.29. The third-order valence-corrected chi connectivity index (χ3v) is 5.73. The monoisotopic (exact) mass is 381 g/mol. The van der Waals surface area contributed by atoms with E-state index in [0.717, 1.165) is 56.5 Å². The van der Waals surface area contributed by atoms with Crippen LogP contribution >= 0.6 is 0 Å². The number of hydrogen-bond donors (Lipinski definition) is 0. The Morgan fingerprint density at radius 1 is 0.963 bits per heavy atom. The Labute approximate surface area is 167 Å². The van der Waals surface area contributed by atoms with Crippen LogP contribution in [0.1, 0.15) is 99.3 Å². The molecule has 0 aromatic carbocycles. The van der Waals surface area contributed by atoms with Crippen molar-refractivity contribution < 1.29 is 14.3 Å². The maximum Gasteiger partial charge on any atom is 0.410 e.